The van der Waals surface area contributed by atoms with Gasteiger partial charge in [-0.1, -0.05) is 20.3 Å². The van der Waals surface area contributed by atoms with Crippen LogP contribution in [0.4, 0.5) is 0 Å². The van der Waals surface area contributed by atoms with E-state index in [0.29, 0.717) is 6.42 Å². The van der Waals surface area contributed by atoms with Crippen LogP contribution in [0.5, 0.6) is 0 Å². The second-order valence-corrected chi connectivity index (χ2v) is 3.76. The van der Waals surface area contributed by atoms with Crippen molar-refractivity contribution in [1.29, 1.82) is 0 Å². The Balaban J connectivity index is 4.34. The van der Waals surface area contributed by atoms with Gasteiger partial charge in [0.15, 0.2) is 0 Å². The molecule has 0 bridgehead atoms. The summed E-state index contributed by atoms with van der Waals surface area (Å²) >= 11 is 0. The van der Waals surface area contributed by atoms with Crippen molar-refractivity contribution in [3.8, 4) is 0 Å². The molecular formula is C10H18N2O4. The lowest BCUT2D eigenvalue weighted by molar-refractivity contribution is -0.143. The van der Waals surface area contributed by atoms with Crippen molar-refractivity contribution in [3.63, 3.8) is 0 Å². The lowest BCUT2D eigenvalue weighted by atomic mass is 10.0. The number of carboxylic acid groups (broad SMARTS) is 1. The summed E-state index contributed by atoms with van der Waals surface area (Å²) in [7, 11) is 0. The monoisotopic (exact) mass is 230 g/mol. The van der Waals surface area contributed by atoms with Gasteiger partial charge >= 0.3 is 5.97 Å². The minimum atomic E-state index is -1.25. The number of hydrogen-bond donors (Lipinski definition) is 3. The van der Waals surface area contributed by atoms with Crippen LogP contribution in [0.2, 0.25) is 0 Å². The highest BCUT2D eigenvalue weighted by Crippen LogP contribution is 2.05. The first kappa shape index (κ1) is 14.4. The highest BCUT2D eigenvalue weighted by atomic mass is 16.4. The second kappa shape index (κ2) is 6.81. The molecule has 0 aliphatic carbocycles. The molecule has 92 valence electrons. The Kier molecular flexibility index (Phi) is 6.14. The van der Waals surface area contributed by atoms with Crippen LogP contribution in [-0.4, -0.2) is 28.9 Å². The maximum atomic E-state index is 11.5. The van der Waals surface area contributed by atoms with Crippen LogP contribution in [0.25, 0.3) is 0 Å². The number of nitrogens with two attached hydrogens (primary N) is 1. The van der Waals surface area contributed by atoms with Gasteiger partial charge in [-0.3, -0.25) is 9.59 Å². The van der Waals surface area contributed by atoms with Gasteiger partial charge in [-0.15, -0.1) is 0 Å². The number of amides is 2. The van der Waals surface area contributed by atoms with Gasteiger partial charge in [-0.25, -0.2) is 4.79 Å². The Morgan fingerprint density at radius 2 is 1.94 bits per heavy atom. The van der Waals surface area contributed by atoms with Gasteiger partial charge in [0, 0.05) is 5.92 Å². The van der Waals surface area contributed by atoms with Crippen molar-refractivity contribution in [2.24, 2.45) is 11.7 Å². The van der Waals surface area contributed by atoms with Crippen molar-refractivity contribution >= 4 is 17.8 Å². The fraction of sp³-hybridized carbons (Fsp3) is 0.700. The number of carboxylic acids is 1. The SMILES string of the molecule is CCCC(C)C(=O)N[C@@H](CC(N)=O)C(=O)O. The summed E-state index contributed by atoms with van der Waals surface area (Å²) in [5.74, 6) is -2.64. The summed E-state index contributed by atoms with van der Waals surface area (Å²) in [6, 6.07) is -1.23. The molecule has 0 aliphatic heterocycles. The van der Waals surface area contributed by atoms with Gasteiger partial charge in [0.25, 0.3) is 0 Å². The van der Waals surface area contributed by atoms with E-state index >= 15 is 0 Å². The van der Waals surface area contributed by atoms with Crippen LogP contribution in [0.1, 0.15) is 33.1 Å². The van der Waals surface area contributed by atoms with Crippen LogP contribution >= 0.6 is 0 Å². The molecule has 0 saturated carbocycles. The topological polar surface area (TPSA) is 109 Å². The molecule has 0 rings (SSSR count). The van der Waals surface area contributed by atoms with Crippen LogP contribution in [0.3, 0.4) is 0 Å². The van der Waals surface area contributed by atoms with Crippen molar-refractivity contribution in [2.45, 2.75) is 39.2 Å². The number of hydrogen-bond acceptors (Lipinski definition) is 3. The standard InChI is InChI=1S/C10H18N2O4/c1-3-4-6(2)9(14)12-7(10(15)16)5-8(11)13/h6-7H,3-5H2,1-2H3,(H2,11,13)(H,12,14)(H,15,16)/t6?,7-/m0/s1. The number of primary amides is 1. The third-order valence-corrected chi connectivity index (χ3v) is 2.19. The molecule has 4 N–H and O–H groups in total. The van der Waals surface area contributed by atoms with Crippen LogP contribution in [0, 0.1) is 5.92 Å². The summed E-state index contributed by atoms with van der Waals surface area (Å²) in [5, 5.41) is 11.1. The van der Waals surface area contributed by atoms with Crippen LogP contribution < -0.4 is 11.1 Å². The average Bonchev–Trinajstić information content (AvgIpc) is 2.16. The molecule has 2 amide bonds. The molecule has 6 heteroatoms. The van der Waals surface area contributed by atoms with E-state index in [0.717, 1.165) is 6.42 Å². The van der Waals surface area contributed by atoms with Gasteiger partial charge in [0.2, 0.25) is 11.8 Å². The van der Waals surface area contributed by atoms with Gasteiger partial charge in [-0.2, -0.15) is 0 Å². The molecule has 0 aromatic heterocycles. The Bertz CT molecular complexity index is 278. The van der Waals surface area contributed by atoms with Crippen molar-refractivity contribution in [1.82, 2.24) is 5.32 Å². The van der Waals surface area contributed by atoms with E-state index in [1.54, 1.807) is 6.92 Å². The highest BCUT2D eigenvalue weighted by molar-refractivity contribution is 5.88. The molecule has 0 aliphatic rings. The molecular weight excluding hydrogens is 212 g/mol. The number of carbonyl (C=O) groups is 3. The van der Waals surface area contributed by atoms with Gasteiger partial charge in [-0.05, 0) is 6.42 Å². The predicted molar refractivity (Wildman–Crippen MR) is 57.4 cm³/mol. The Labute approximate surface area is 94.2 Å². The van der Waals surface area contributed by atoms with Crippen molar-refractivity contribution in [2.75, 3.05) is 0 Å². The van der Waals surface area contributed by atoms with E-state index in [2.05, 4.69) is 5.32 Å². The minimum absolute atomic E-state index is 0.264. The molecule has 0 fully saturated rings. The molecule has 2 atom stereocenters. The van der Waals surface area contributed by atoms with Crippen LogP contribution in [0.15, 0.2) is 0 Å². The van der Waals surface area contributed by atoms with Gasteiger partial charge in [0.1, 0.15) is 6.04 Å². The summed E-state index contributed by atoms with van der Waals surface area (Å²) < 4.78 is 0. The molecule has 0 spiro atoms. The number of aliphatic carboxylic acids is 1. The first-order valence-corrected chi connectivity index (χ1v) is 5.20. The van der Waals surface area contributed by atoms with Gasteiger partial charge < -0.3 is 16.2 Å². The Hall–Kier alpha value is -1.59. The zero-order valence-electron chi connectivity index (χ0n) is 9.53. The fourth-order valence-electron chi connectivity index (χ4n) is 1.28. The lowest BCUT2D eigenvalue weighted by Crippen LogP contribution is -2.45. The summed E-state index contributed by atoms with van der Waals surface area (Å²) in [4.78, 5) is 32.8. The average molecular weight is 230 g/mol. The maximum absolute atomic E-state index is 11.5. The third kappa shape index (κ3) is 5.33. The molecule has 0 saturated heterocycles. The minimum Gasteiger partial charge on any atom is -0.480 e. The van der Waals surface area contributed by atoms with E-state index in [4.69, 9.17) is 10.8 Å². The molecule has 1 unspecified atom stereocenters. The van der Waals surface area contributed by atoms with Crippen molar-refractivity contribution < 1.29 is 19.5 Å². The first-order valence-electron chi connectivity index (χ1n) is 5.20. The maximum Gasteiger partial charge on any atom is 0.326 e. The highest BCUT2D eigenvalue weighted by Gasteiger charge is 2.24. The summed E-state index contributed by atoms with van der Waals surface area (Å²) in [6.07, 6.45) is 1.12. The summed E-state index contributed by atoms with van der Waals surface area (Å²) in [6.45, 7) is 3.64. The fourth-order valence-corrected chi connectivity index (χ4v) is 1.28. The molecule has 0 aromatic carbocycles. The second-order valence-electron chi connectivity index (χ2n) is 3.76. The predicted octanol–water partition coefficient (Wildman–Crippen LogP) is -0.133. The molecule has 16 heavy (non-hydrogen) atoms. The Morgan fingerprint density at radius 1 is 1.38 bits per heavy atom. The van der Waals surface area contributed by atoms with Gasteiger partial charge in [0.05, 0.1) is 6.42 Å². The molecule has 0 radical (unpaired) electrons. The van der Waals surface area contributed by atoms with Crippen LogP contribution in [-0.2, 0) is 14.4 Å². The lowest BCUT2D eigenvalue weighted by Gasteiger charge is -2.16. The van der Waals surface area contributed by atoms with E-state index < -0.39 is 17.9 Å². The van der Waals surface area contributed by atoms with E-state index in [1.807, 2.05) is 6.92 Å². The van der Waals surface area contributed by atoms with Crippen molar-refractivity contribution in [3.05, 3.63) is 0 Å². The van der Waals surface area contributed by atoms with E-state index in [9.17, 15) is 14.4 Å². The zero-order valence-corrected chi connectivity index (χ0v) is 9.53. The molecule has 6 nitrogen and oxygen atoms in total. The smallest absolute Gasteiger partial charge is 0.326 e. The Morgan fingerprint density at radius 3 is 2.31 bits per heavy atom. The normalized spacial score (nSPS) is 13.9. The number of carbonyl (C=O) groups excluding carboxylic acids is 2. The summed E-state index contributed by atoms with van der Waals surface area (Å²) in [5.41, 5.74) is 4.89. The number of nitrogens with one attached hydrogen (secondary N) is 1. The zero-order chi connectivity index (χ0) is 12.7. The van der Waals surface area contributed by atoms with E-state index in [-0.39, 0.29) is 18.2 Å². The quantitative estimate of drug-likeness (QED) is 0.565. The largest absolute Gasteiger partial charge is 0.480 e. The molecule has 0 heterocycles. The first-order chi connectivity index (χ1) is 7.38. The third-order valence-electron chi connectivity index (χ3n) is 2.19. The van der Waals surface area contributed by atoms with E-state index in [1.165, 1.54) is 0 Å². The molecule has 0 aromatic rings. The number of rotatable bonds is 7.